The Morgan fingerprint density at radius 1 is 1.35 bits per heavy atom. The number of para-hydroxylation sites is 1. The van der Waals surface area contributed by atoms with Gasteiger partial charge < -0.3 is 15.7 Å². The summed E-state index contributed by atoms with van der Waals surface area (Å²) in [5.74, 6) is 0. The number of amides is 2. The van der Waals surface area contributed by atoms with E-state index in [-0.39, 0.29) is 18.7 Å². The van der Waals surface area contributed by atoms with Crippen molar-refractivity contribution in [1.82, 2.24) is 20.4 Å². The normalized spacial score (nSPS) is 11.9. The number of benzene rings is 1. The van der Waals surface area contributed by atoms with Crippen LogP contribution in [0.25, 0.3) is 5.69 Å². The van der Waals surface area contributed by atoms with Gasteiger partial charge in [0, 0.05) is 25.4 Å². The molecule has 0 radical (unpaired) electrons. The molecule has 1 aromatic carbocycles. The average molecular weight is 316 g/mol. The van der Waals surface area contributed by atoms with E-state index < -0.39 is 0 Å². The van der Waals surface area contributed by atoms with Gasteiger partial charge in [-0.3, -0.25) is 0 Å². The number of nitrogens with one attached hydrogen (secondary N) is 2. The topological polar surface area (TPSA) is 79.2 Å². The molecule has 2 rings (SSSR count). The van der Waals surface area contributed by atoms with Gasteiger partial charge >= 0.3 is 6.03 Å². The molecule has 0 aliphatic carbocycles. The minimum Gasteiger partial charge on any atom is -0.396 e. The van der Waals surface area contributed by atoms with E-state index in [1.165, 1.54) is 0 Å². The number of carbonyl (C=O) groups excluding carboxylic acids is 1. The summed E-state index contributed by atoms with van der Waals surface area (Å²) < 4.78 is 1.82. The molecule has 23 heavy (non-hydrogen) atoms. The van der Waals surface area contributed by atoms with Crippen LogP contribution in [-0.2, 0) is 6.42 Å². The lowest BCUT2D eigenvalue weighted by molar-refractivity contribution is 0.228. The highest BCUT2D eigenvalue weighted by molar-refractivity contribution is 5.74. The summed E-state index contributed by atoms with van der Waals surface area (Å²) in [4.78, 5) is 11.8. The number of aliphatic hydroxyl groups is 1. The van der Waals surface area contributed by atoms with Crippen molar-refractivity contribution >= 4 is 6.03 Å². The molecule has 3 N–H and O–H groups in total. The summed E-state index contributed by atoms with van der Waals surface area (Å²) in [5, 5.41) is 18.9. The zero-order chi connectivity index (χ0) is 16.5. The standard InChI is InChI=1S/C17H24N4O2/c1-2-15(9-11-22)20-17(23)18-10-8-14-12-19-21(13-14)16-6-4-3-5-7-16/h3-7,12-13,15,22H,2,8-11H2,1H3,(H2,18,20,23). The van der Waals surface area contributed by atoms with Crippen LogP contribution >= 0.6 is 0 Å². The number of hydrogen-bond acceptors (Lipinski definition) is 3. The van der Waals surface area contributed by atoms with Crippen molar-refractivity contribution in [3.8, 4) is 5.69 Å². The van der Waals surface area contributed by atoms with E-state index in [4.69, 9.17) is 5.11 Å². The van der Waals surface area contributed by atoms with Gasteiger partial charge in [-0.1, -0.05) is 25.1 Å². The summed E-state index contributed by atoms with van der Waals surface area (Å²) in [6.07, 6.45) is 5.88. The molecule has 0 saturated carbocycles. The van der Waals surface area contributed by atoms with Gasteiger partial charge in [0.05, 0.1) is 11.9 Å². The van der Waals surface area contributed by atoms with E-state index in [1.54, 1.807) is 0 Å². The molecular weight excluding hydrogens is 292 g/mol. The van der Waals surface area contributed by atoms with Crippen LogP contribution in [0.4, 0.5) is 4.79 Å². The Labute approximate surface area is 136 Å². The predicted octanol–water partition coefficient (Wildman–Crippen LogP) is 1.87. The number of hydrogen-bond donors (Lipinski definition) is 3. The van der Waals surface area contributed by atoms with Crippen molar-refractivity contribution < 1.29 is 9.90 Å². The van der Waals surface area contributed by atoms with Crippen LogP contribution in [0.15, 0.2) is 42.7 Å². The maximum atomic E-state index is 11.8. The van der Waals surface area contributed by atoms with E-state index in [2.05, 4.69) is 15.7 Å². The maximum absolute atomic E-state index is 11.8. The molecule has 1 heterocycles. The lowest BCUT2D eigenvalue weighted by atomic mass is 10.2. The second-order valence-corrected chi connectivity index (χ2v) is 5.40. The summed E-state index contributed by atoms with van der Waals surface area (Å²) in [6, 6.07) is 9.72. The zero-order valence-corrected chi connectivity index (χ0v) is 13.4. The number of urea groups is 1. The molecule has 0 bridgehead atoms. The third-order valence-electron chi connectivity index (χ3n) is 3.66. The molecule has 2 aromatic rings. The van der Waals surface area contributed by atoms with Crippen molar-refractivity contribution in [3.05, 3.63) is 48.3 Å². The quantitative estimate of drug-likeness (QED) is 0.695. The smallest absolute Gasteiger partial charge is 0.315 e. The van der Waals surface area contributed by atoms with Crippen LogP contribution < -0.4 is 10.6 Å². The second-order valence-electron chi connectivity index (χ2n) is 5.40. The van der Waals surface area contributed by atoms with Crippen LogP contribution in [0.3, 0.4) is 0 Å². The summed E-state index contributed by atoms with van der Waals surface area (Å²) >= 11 is 0. The van der Waals surface area contributed by atoms with Crippen molar-refractivity contribution in [1.29, 1.82) is 0 Å². The molecule has 0 spiro atoms. The van der Waals surface area contributed by atoms with Gasteiger partial charge in [-0.2, -0.15) is 5.10 Å². The molecule has 0 saturated heterocycles. The second kappa shape index (κ2) is 8.95. The first-order valence-electron chi connectivity index (χ1n) is 7.97. The summed E-state index contributed by atoms with van der Waals surface area (Å²) in [5.41, 5.74) is 2.08. The highest BCUT2D eigenvalue weighted by Crippen LogP contribution is 2.07. The van der Waals surface area contributed by atoms with Gasteiger partial charge in [0.15, 0.2) is 0 Å². The largest absolute Gasteiger partial charge is 0.396 e. The molecule has 124 valence electrons. The summed E-state index contributed by atoms with van der Waals surface area (Å²) in [7, 11) is 0. The molecule has 1 atom stereocenters. The molecule has 1 aromatic heterocycles. The SMILES string of the molecule is CCC(CCO)NC(=O)NCCc1cnn(-c2ccccc2)c1. The van der Waals surface area contributed by atoms with Gasteiger partial charge in [0.25, 0.3) is 0 Å². The lowest BCUT2D eigenvalue weighted by Crippen LogP contribution is -2.42. The Morgan fingerprint density at radius 2 is 2.13 bits per heavy atom. The average Bonchev–Trinajstić information content (AvgIpc) is 3.04. The first-order chi connectivity index (χ1) is 11.2. The lowest BCUT2D eigenvalue weighted by Gasteiger charge is -2.16. The van der Waals surface area contributed by atoms with Gasteiger partial charge in [-0.15, -0.1) is 0 Å². The number of aromatic nitrogens is 2. The molecule has 0 aliphatic rings. The van der Waals surface area contributed by atoms with E-state index in [0.29, 0.717) is 13.0 Å². The van der Waals surface area contributed by atoms with Crippen molar-refractivity contribution in [3.63, 3.8) is 0 Å². The first-order valence-corrected chi connectivity index (χ1v) is 7.97. The van der Waals surface area contributed by atoms with E-state index in [0.717, 1.165) is 24.1 Å². The monoisotopic (exact) mass is 316 g/mol. The Hall–Kier alpha value is -2.34. The van der Waals surface area contributed by atoms with Crippen LogP contribution in [0.5, 0.6) is 0 Å². The molecule has 2 amide bonds. The highest BCUT2D eigenvalue weighted by Gasteiger charge is 2.09. The Morgan fingerprint density at radius 3 is 2.83 bits per heavy atom. The van der Waals surface area contributed by atoms with Crippen molar-refractivity contribution in [2.24, 2.45) is 0 Å². The molecule has 6 nitrogen and oxygen atoms in total. The minimum atomic E-state index is -0.194. The van der Waals surface area contributed by atoms with Crippen LogP contribution in [0, 0.1) is 0 Å². The van der Waals surface area contributed by atoms with E-state index in [9.17, 15) is 4.79 Å². The Balaban J connectivity index is 1.76. The van der Waals surface area contributed by atoms with Gasteiger partial charge in [-0.25, -0.2) is 9.48 Å². The van der Waals surface area contributed by atoms with Crippen LogP contribution in [-0.4, -0.2) is 40.1 Å². The van der Waals surface area contributed by atoms with Crippen LogP contribution in [0.2, 0.25) is 0 Å². The first kappa shape index (κ1) is 17.0. The number of rotatable bonds is 8. The fourth-order valence-corrected chi connectivity index (χ4v) is 2.30. The number of nitrogens with zero attached hydrogens (tertiary/aromatic N) is 2. The fourth-order valence-electron chi connectivity index (χ4n) is 2.30. The van der Waals surface area contributed by atoms with Crippen LogP contribution in [0.1, 0.15) is 25.3 Å². The molecule has 6 heteroatoms. The Bertz CT molecular complexity index is 598. The summed E-state index contributed by atoms with van der Waals surface area (Å²) in [6.45, 7) is 2.61. The fraction of sp³-hybridized carbons (Fsp3) is 0.412. The van der Waals surface area contributed by atoms with E-state index >= 15 is 0 Å². The Kier molecular flexibility index (Phi) is 6.62. The minimum absolute atomic E-state index is 0.0147. The zero-order valence-electron chi connectivity index (χ0n) is 13.4. The molecule has 0 aliphatic heterocycles. The highest BCUT2D eigenvalue weighted by atomic mass is 16.3. The van der Waals surface area contributed by atoms with E-state index in [1.807, 2.05) is 54.3 Å². The van der Waals surface area contributed by atoms with Gasteiger partial charge in [0.2, 0.25) is 0 Å². The maximum Gasteiger partial charge on any atom is 0.315 e. The predicted molar refractivity (Wildman–Crippen MR) is 89.6 cm³/mol. The third kappa shape index (κ3) is 5.41. The van der Waals surface area contributed by atoms with Gasteiger partial charge in [-0.05, 0) is 37.0 Å². The molecule has 0 fully saturated rings. The number of carbonyl (C=O) groups is 1. The van der Waals surface area contributed by atoms with Gasteiger partial charge in [0.1, 0.15) is 0 Å². The molecular formula is C17H24N4O2. The van der Waals surface area contributed by atoms with Crippen molar-refractivity contribution in [2.75, 3.05) is 13.2 Å². The number of aliphatic hydroxyl groups excluding tert-OH is 1. The third-order valence-corrected chi connectivity index (χ3v) is 3.66. The molecule has 1 unspecified atom stereocenters. The van der Waals surface area contributed by atoms with Crippen molar-refractivity contribution in [2.45, 2.75) is 32.2 Å².